The fourth-order valence-corrected chi connectivity index (χ4v) is 2.28. The minimum atomic E-state index is -0.474. The Balaban J connectivity index is 2.21. The minimum Gasteiger partial charge on any atom is -0.393 e. The van der Waals surface area contributed by atoms with E-state index in [1.165, 1.54) is 6.07 Å². The van der Waals surface area contributed by atoms with Crippen LogP contribution in [0.25, 0.3) is 0 Å². The number of carbonyl (C=O) groups excluding carboxylic acids is 1. The van der Waals surface area contributed by atoms with Crippen LogP contribution in [0.4, 0.5) is 17.1 Å². The van der Waals surface area contributed by atoms with Gasteiger partial charge in [-0.15, -0.1) is 0 Å². The van der Waals surface area contributed by atoms with Crippen LogP contribution in [0, 0.1) is 10.1 Å². The lowest BCUT2D eigenvalue weighted by Gasteiger charge is -2.10. The Hall–Kier alpha value is -2.73. The van der Waals surface area contributed by atoms with Gasteiger partial charge in [-0.25, -0.2) is 0 Å². The third-order valence-corrected chi connectivity index (χ3v) is 3.34. The first kappa shape index (κ1) is 16.6. The number of nitrogens with one attached hydrogen (secondary N) is 1. The highest BCUT2D eigenvalue weighted by Crippen LogP contribution is 2.29. The van der Waals surface area contributed by atoms with Gasteiger partial charge in [-0.3, -0.25) is 10.1 Å². The molecule has 2 aromatic rings. The molecule has 0 spiro atoms. The number of nitro groups is 1. The molecule has 6 heteroatoms. The molecule has 120 valence electrons. The van der Waals surface area contributed by atoms with Gasteiger partial charge in [-0.1, -0.05) is 18.2 Å². The molecule has 0 aliphatic carbocycles. The number of nitrogens with zero attached hydrogens (tertiary/aromatic N) is 1. The van der Waals surface area contributed by atoms with Crippen molar-refractivity contribution >= 4 is 23.3 Å². The Kier molecular flexibility index (Phi) is 5.43. The fourth-order valence-electron chi connectivity index (χ4n) is 2.28. The van der Waals surface area contributed by atoms with E-state index in [0.717, 1.165) is 5.56 Å². The largest absolute Gasteiger partial charge is 0.393 e. The lowest BCUT2D eigenvalue weighted by atomic mass is 10.1. The van der Waals surface area contributed by atoms with Gasteiger partial charge in [0.15, 0.2) is 0 Å². The van der Waals surface area contributed by atoms with Crippen LogP contribution in [0.1, 0.15) is 18.1 Å². The van der Waals surface area contributed by atoms with E-state index in [0.29, 0.717) is 29.6 Å². The smallest absolute Gasteiger partial charge is 0.292 e. The van der Waals surface area contributed by atoms with Gasteiger partial charge in [0.25, 0.3) is 5.69 Å². The lowest BCUT2D eigenvalue weighted by Crippen LogP contribution is -2.04. The highest BCUT2D eigenvalue weighted by atomic mass is 16.6. The molecule has 0 saturated carbocycles. The maximum atomic E-state index is 11.2. The molecule has 0 heterocycles. The van der Waals surface area contributed by atoms with Crippen molar-refractivity contribution in [3.05, 3.63) is 63.7 Å². The molecule has 0 aliphatic heterocycles. The van der Waals surface area contributed by atoms with E-state index in [1.54, 1.807) is 31.2 Å². The summed E-state index contributed by atoms with van der Waals surface area (Å²) in [5.41, 5.74) is 2.60. The normalized spacial score (nSPS) is 11.7. The zero-order valence-electron chi connectivity index (χ0n) is 12.7. The number of aliphatic hydroxyl groups excluding tert-OH is 1. The van der Waals surface area contributed by atoms with Gasteiger partial charge >= 0.3 is 0 Å². The summed E-state index contributed by atoms with van der Waals surface area (Å²) in [4.78, 5) is 21.3. The summed E-state index contributed by atoms with van der Waals surface area (Å²) < 4.78 is 0. The van der Waals surface area contributed by atoms with E-state index in [1.807, 2.05) is 12.1 Å². The van der Waals surface area contributed by atoms with E-state index in [4.69, 9.17) is 0 Å². The van der Waals surface area contributed by atoms with Gasteiger partial charge in [0.1, 0.15) is 12.0 Å². The molecule has 0 amide bonds. The molecule has 0 bridgehead atoms. The maximum absolute atomic E-state index is 11.2. The molecular weight excluding hydrogens is 296 g/mol. The lowest BCUT2D eigenvalue weighted by molar-refractivity contribution is -0.384. The molecule has 0 radical (unpaired) electrons. The molecule has 6 nitrogen and oxygen atoms in total. The Morgan fingerprint density at radius 2 is 1.87 bits per heavy atom. The van der Waals surface area contributed by atoms with Crippen molar-refractivity contribution in [1.29, 1.82) is 0 Å². The predicted octanol–water partition coefficient (Wildman–Crippen LogP) is 3.00. The molecule has 0 fully saturated rings. The Bertz CT molecular complexity index is 696. The van der Waals surface area contributed by atoms with Crippen LogP contribution in [0.15, 0.2) is 42.5 Å². The molecule has 1 atom stereocenters. The SMILES string of the molecule is CC(O)Cc1ccc(Nc2ccc(CC=O)cc2[N+](=O)[O-])cc1. The number of nitro benzene ring substituents is 1. The number of aldehydes is 1. The van der Waals surface area contributed by atoms with Gasteiger partial charge in [0, 0.05) is 18.2 Å². The van der Waals surface area contributed by atoms with Crippen molar-refractivity contribution < 1.29 is 14.8 Å². The first-order chi connectivity index (χ1) is 11.0. The van der Waals surface area contributed by atoms with Gasteiger partial charge in [0.05, 0.1) is 11.0 Å². The average Bonchev–Trinajstić information content (AvgIpc) is 2.50. The Morgan fingerprint density at radius 3 is 2.43 bits per heavy atom. The first-order valence-electron chi connectivity index (χ1n) is 7.24. The number of carbonyl (C=O) groups is 1. The van der Waals surface area contributed by atoms with E-state index in [-0.39, 0.29) is 12.1 Å². The molecule has 23 heavy (non-hydrogen) atoms. The van der Waals surface area contributed by atoms with Crippen LogP contribution in [-0.4, -0.2) is 22.4 Å². The van der Waals surface area contributed by atoms with Crippen molar-refractivity contribution in [3.63, 3.8) is 0 Å². The monoisotopic (exact) mass is 314 g/mol. The Morgan fingerprint density at radius 1 is 1.22 bits per heavy atom. The molecular formula is C17H18N2O4. The van der Waals surface area contributed by atoms with Crippen LogP contribution < -0.4 is 5.32 Å². The summed E-state index contributed by atoms with van der Waals surface area (Å²) in [7, 11) is 0. The molecule has 2 N–H and O–H groups in total. The second kappa shape index (κ2) is 7.51. The number of rotatable bonds is 7. The average molecular weight is 314 g/mol. The van der Waals surface area contributed by atoms with Crippen molar-refractivity contribution in [1.82, 2.24) is 0 Å². The van der Waals surface area contributed by atoms with Crippen LogP contribution in [-0.2, 0) is 17.6 Å². The summed E-state index contributed by atoms with van der Waals surface area (Å²) >= 11 is 0. The zero-order chi connectivity index (χ0) is 16.8. The zero-order valence-corrected chi connectivity index (χ0v) is 12.7. The summed E-state index contributed by atoms with van der Waals surface area (Å²) in [5, 5.41) is 23.6. The maximum Gasteiger partial charge on any atom is 0.292 e. The van der Waals surface area contributed by atoms with E-state index in [9.17, 15) is 20.0 Å². The molecule has 2 aromatic carbocycles. The highest BCUT2D eigenvalue weighted by Gasteiger charge is 2.14. The summed E-state index contributed by atoms with van der Waals surface area (Å²) in [6.45, 7) is 1.72. The topological polar surface area (TPSA) is 92.5 Å². The fraction of sp³-hybridized carbons (Fsp3) is 0.235. The van der Waals surface area contributed by atoms with Crippen LogP contribution in [0.2, 0.25) is 0 Å². The summed E-state index contributed by atoms with van der Waals surface area (Å²) in [6.07, 6.45) is 1.00. The molecule has 1 unspecified atom stereocenters. The van der Waals surface area contributed by atoms with Crippen molar-refractivity contribution in [2.75, 3.05) is 5.32 Å². The number of hydrogen-bond donors (Lipinski definition) is 2. The van der Waals surface area contributed by atoms with Crippen molar-refractivity contribution in [2.45, 2.75) is 25.9 Å². The number of benzene rings is 2. The second-order valence-corrected chi connectivity index (χ2v) is 5.35. The van der Waals surface area contributed by atoms with Crippen molar-refractivity contribution in [2.24, 2.45) is 0 Å². The first-order valence-corrected chi connectivity index (χ1v) is 7.24. The third-order valence-electron chi connectivity index (χ3n) is 3.34. The molecule has 2 rings (SSSR count). The van der Waals surface area contributed by atoms with Crippen LogP contribution in [0.5, 0.6) is 0 Å². The van der Waals surface area contributed by atoms with E-state index < -0.39 is 11.0 Å². The van der Waals surface area contributed by atoms with Gasteiger partial charge in [-0.05, 0) is 42.7 Å². The summed E-state index contributed by atoms with van der Waals surface area (Å²) in [5.74, 6) is 0. The second-order valence-electron chi connectivity index (χ2n) is 5.35. The minimum absolute atomic E-state index is 0.0718. The highest BCUT2D eigenvalue weighted by molar-refractivity contribution is 5.71. The molecule has 0 aromatic heterocycles. The van der Waals surface area contributed by atoms with E-state index in [2.05, 4.69) is 5.32 Å². The molecule has 0 saturated heterocycles. The molecule has 0 aliphatic rings. The van der Waals surface area contributed by atoms with E-state index >= 15 is 0 Å². The quantitative estimate of drug-likeness (QED) is 0.465. The number of aliphatic hydroxyl groups is 1. The van der Waals surface area contributed by atoms with Gasteiger partial charge in [-0.2, -0.15) is 0 Å². The van der Waals surface area contributed by atoms with Crippen molar-refractivity contribution in [3.8, 4) is 0 Å². The summed E-state index contributed by atoms with van der Waals surface area (Å²) in [6, 6.07) is 12.0. The van der Waals surface area contributed by atoms with Gasteiger partial charge in [0.2, 0.25) is 0 Å². The van der Waals surface area contributed by atoms with Crippen LogP contribution >= 0.6 is 0 Å². The van der Waals surface area contributed by atoms with Crippen LogP contribution in [0.3, 0.4) is 0 Å². The number of anilines is 2. The standard InChI is InChI=1S/C17H18N2O4/c1-12(21)10-13-2-5-15(6-3-13)18-16-7-4-14(8-9-20)11-17(16)19(22)23/h2-7,9,11-12,18,21H,8,10H2,1H3. The number of hydrogen-bond acceptors (Lipinski definition) is 5. The predicted molar refractivity (Wildman–Crippen MR) is 88.0 cm³/mol. The third kappa shape index (κ3) is 4.62. The van der Waals surface area contributed by atoms with Gasteiger partial charge < -0.3 is 15.2 Å². The Labute approximate surface area is 133 Å².